The van der Waals surface area contributed by atoms with Crippen LogP contribution in [-0.2, 0) is 0 Å². The fourth-order valence-corrected chi connectivity index (χ4v) is 3.07. The van der Waals surface area contributed by atoms with Crippen molar-refractivity contribution >= 4 is 11.3 Å². The minimum absolute atomic E-state index is 0.838. The Balaban J connectivity index is -0.000000193. The Hall–Kier alpha value is -3.06. The van der Waals surface area contributed by atoms with Crippen molar-refractivity contribution in [3.63, 3.8) is 0 Å². The van der Waals surface area contributed by atoms with Gasteiger partial charge in [0.25, 0.3) is 0 Å². The smallest absolute Gasteiger partial charge is 0.125 e. The highest BCUT2D eigenvalue weighted by molar-refractivity contribution is 7.11. The third-order valence-electron chi connectivity index (χ3n) is 3.65. The molecule has 0 bridgehead atoms. The van der Waals surface area contributed by atoms with Crippen LogP contribution < -0.4 is 0 Å². The average Bonchev–Trinajstić information content (AvgIpc) is 3.32. The van der Waals surface area contributed by atoms with E-state index in [0.29, 0.717) is 0 Å². The monoisotopic (exact) mass is 556 g/mol. The molecule has 0 aliphatic heterocycles. The molecule has 0 atom stereocenters. The molecule has 0 saturated heterocycles. The Bertz CT molecular complexity index is 876. The summed E-state index contributed by atoms with van der Waals surface area (Å²) in [6, 6.07) is 9.99. The molecule has 0 spiro atoms. The van der Waals surface area contributed by atoms with Crippen LogP contribution >= 0.6 is 11.3 Å². The van der Waals surface area contributed by atoms with Gasteiger partial charge in [0.15, 0.2) is 0 Å². The molecule has 4 aromatic heterocycles. The fourth-order valence-electron chi connectivity index (χ4n) is 2.29. The molecule has 4 heterocycles. The van der Waals surface area contributed by atoms with E-state index >= 15 is 0 Å². The van der Waals surface area contributed by atoms with Gasteiger partial charge in [-0.05, 0) is 85.7 Å². The summed E-state index contributed by atoms with van der Waals surface area (Å²) in [4.78, 5) is 26.6. The van der Waals surface area contributed by atoms with Gasteiger partial charge in [-0.2, -0.15) is 0 Å². The summed E-state index contributed by atoms with van der Waals surface area (Å²) in [5.74, 6) is 1.68. The molecule has 4 rings (SSSR count). The van der Waals surface area contributed by atoms with E-state index in [0.717, 1.165) is 34.4 Å². The van der Waals surface area contributed by atoms with Crippen molar-refractivity contribution in [1.29, 1.82) is 0 Å². The number of thiophene rings is 1. The molecule has 0 unspecified atom stereocenters. The van der Waals surface area contributed by atoms with E-state index in [-0.39, 0.29) is 0 Å². The number of rotatable bonds is 0. The number of nitrogens with zero attached hydrogens (tertiary/aromatic N) is 6. The molecule has 0 N–H and O–H groups in total. The number of hydrogen-bond acceptors (Lipinski definition) is 7. The summed E-state index contributed by atoms with van der Waals surface area (Å²) in [5, 5.41) is 0. The molecule has 0 amide bonds. The molecule has 0 aromatic carbocycles. The van der Waals surface area contributed by atoms with Gasteiger partial charge in [0, 0.05) is 44.9 Å². The number of aromatic nitrogens is 6. The van der Waals surface area contributed by atoms with Crippen LogP contribution in [0.3, 0.4) is 0 Å². The van der Waals surface area contributed by atoms with Gasteiger partial charge in [-0.15, -0.1) is 11.3 Å². The van der Waals surface area contributed by atoms with E-state index in [1.54, 1.807) is 18.7 Å². The van der Waals surface area contributed by atoms with Gasteiger partial charge in [-0.25, -0.2) is 29.9 Å². The molecule has 0 aliphatic carbocycles. The lowest BCUT2D eigenvalue weighted by molar-refractivity contribution is 1.01. The van der Waals surface area contributed by atoms with E-state index in [2.05, 4.69) is 55.9 Å². The van der Waals surface area contributed by atoms with Crippen molar-refractivity contribution in [3.05, 3.63) is 93.2 Å². The Morgan fingerprint density at radius 3 is 0.923 bits per heavy atom. The maximum Gasteiger partial charge on any atom is 0.125 e. The van der Waals surface area contributed by atoms with Crippen molar-refractivity contribution in [2.45, 2.75) is 111 Å². The van der Waals surface area contributed by atoms with Crippen LogP contribution in [0.1, 0.15) is 99.6 Å². The van der Waals surface area contributed by atoms with E-state index in [1.165, 1.54) is 9.75 Å². The van der Waals surface area contributed by atoms with Gasteiger partial charge < -0.3 is 0 Å². The molecule has 7 heteroatoms. The second-order valence-corrected chi connectivity index (χ2v) is 8.44. The van der Waals surface area contributed by atoms with Crippen LogP contribution in [-0.4, -0.2) is 29.9 Å². The quantitative estimate of drug-likeness (QED) is 0.214. The van der Waals surface area contributed by atoms with E-state index in [1.807, 2.05) is 126 Å². The van der Waals surface area contributed by atoms with Gasteiger partial charge in [-0.1, -0.05) is 55.4 Å². The van der Waals surface area contributed by atoms with Crippen molar-refractivity contribution in [3.8, 4) is 0 Å². The third-order valence-corrected chi connectivity index (χ3v) is 4.56. The highest BCUT2D eigenvalue weighted by Gasteiger charge is 1.85. The van der Waals surface area contributed by atoms with Crippen LogP contribution in [0.25, 0.3) is 0 Å². The highest BCUT2D eigenvalue weighted by Crippen LogP contribution is 2.12. The van der Waals surface area contributed by atoms with Crippen molar-refractivity contribution < 1.29 is 0 Å². The number of hydrogen-bond donors (Lipinski definition) is 0. The molecule has 39 heavy (non-hydrogen) atoms. The normalized spacial score (nSPS) is 8.00. The van der Waals surface area contributed by atoms with Gasteiger partial charge >= 0.3 is 0 Å². The van der Waals surface area contributed by atoms with E-state index in [4.69, 9.17) is 0 Å². The van der Waals surface area contributed by atoms with Gasteiger partial charge in [-0.3, -0.25) is 0 Å². The molecule has 0 radical (unpaired) electrons. The van der Waals surface area contributed by atoms with Gasteiger partial charge in [0.1, 0.15) is 18.0 Å². The van der Waals surface area contributed by atoms with Crippen LogP contribution in [0, 0.1) is 55.4 Å². The lowest BCUT2D eigenvalue weighted by Crippen LogP contribution is -1.86. The van der Waals surface area contributed by atoms with Crippen molar-refractivity contribution in [1.82, 2.24) is 29.9 Å². The van der Waals surface area contributed by atoms with Gasteiger partial charge in [0.05, 0.1) is 0 Å². The first-order valence-corrected chi connectivity index (χ1v) is 14.8. The Kier molecular flexibility index (Phi) is 34.4. The summed E-state index contributed by atoms with van der Waals surface area (Å²) >= 11 is 1.84. The zero-order chi connectivity index (χ0) is 31.2. The second-order valence-electron chi connectivity index (χ2n) is 6.95. The van der Waals surface area contributed by atoms with Crippen LogP contribution in [0.15, 0.2) is 49.1 Å². The second kappa shape index (κ2) is 31.2. The Morgan fingerprint density at radius 1 is 0.436 bits per heavy atom. The Labute approximate surface area is 244 Å². The first kappa shape index (κ1) is 43.0. The summed E-state index contributed by atoms with van der Waals surface area (Å²) in [6.45, 7) is 31.8. The van der Waals surface area contributed by atoms with E-state index in [9.17, 15) is 0 Å². The average molecular weight is 557 g/mol. The first-order valence-electron chi connectivity index (χ1n) is 14.0. The fraction of sp³-hybridized carbons (Fsp3) is 0.500. The molecule has 0 fully saturated rings. The van der Waals surface area contributed by atoms with E-state index < -0.39 is 0 Å². The zero-order valence-electron chi connectivity index (χ0n) is 27.7. The van der Waals surface area contributed by atoms with Crippen molar-refractivity contribution in [2.75, 3.05) is 0 Å². The molecule has 220 valence electrons. The minimum Gasteiger partial charge on any atom is -0.242 e. The predicted octanol–water partition coefficient (Wildman–Crippen LogP) is 9.75. The molecule has 6 nitrogen and oxygen atoms in total. The topological polar surface area (TPSA) is 77.3 Å². The SMILES string of the molecule is CC.CC.CC.CC.Cc1cc(C)ncn1.Cc1ccc(C)s1.Cc1ccnc(C)n1.Cc1ccnc(C)n1. The molecule has 0 aliphatic rings. The highest BCUT2D eigenvalue weighted by atomic mass is 32.1. The molecule has 0 saturated carbocycles. The summed E-state index contributed by atoms with van der Waals surface area (Å²) in [6.07, 6.45) is 5.10. The van der Waals surface area contributed by atoms with Gasteiger partial charge in [0.2, 0.25) is 0 Å². The maximum absolute atomic E-state index is 4.06. The van der Waals surface area contributed by atoms with Crippen LogP contribution in [0.5, 0.6) is 0 Å². The molecular weight excluding hydrogens is 500 g/mol. The summed E-state index contributed by atoms with van der Waals surface area (Å²) in [5.41, 5.74) is 4.10. The molecular formula is C32H56N6S. The molecule has 4 aromatic rings. The Morgan fingerprint density at radius 2 is 0.769 bits per heavy atom. The van der Waals surface area contributed by atoms with Crippen LogP contribution in [0.2, 0.25) is 0 Å². The standard InChI is InChI=1S/3C6H8N2.C6H8S.4C2H6/c1-5-3-6(2)8-4-7-5;2*1-5-3-4-7-6(2)8-5;1-5-3-4-6(2)7-5;4*1-2/h3*3-4H,1-2H3;3-4H,1-2H3;4*1-2H3. The third kappa shape index (κ3) is 29.4. The van der Waals surface area contributed by atoms with Crippen LogP contribution in [0.4, 0.5) is 0 Å². The largest absolute Gasteiger partial charge is 0.242 e. The van der Waals surface area contributed by atoms with Crippen molar-refractivity contribution in [2.24, 2.45) is 0 Å². The minimum atomic E-state index is 0.838. The summed E-state index contributed by atoms with van der Waals surface area (Å²) < 4.78 is 0. The first-order chi connectivity index (χ1) is 18.7. The summed E-state index contributed by atoms with van der Waals surface area (Å²) in [7, 11) is 0. The lowest BCUT2D eigenvalue weighted by atomic mass is 10.4. The lowest BCUT2D eigenvalue weighted by Gasteiger charge is -1.89. The number of aryl methyl sites for hydroxylation is 8. The zero-order valence-corrected chi connectivity index (χ0v) is 28.5. The predicted molar refractivity (Wildman–Crippen MR) is 174 cm³/mol. The maximum atomic E-state index is 4.06.